The topological polar surface area (TPSA) is 117 Å². The van der Waals surface area contributed by atoms with Gasteiger partial charge >= 0.3 is 0 Å². The van der Waals surface area contributed by atoms with Gasteiger partial charge in [0.05, 0.1) is 30.2 Å². The summed E-state index contributed by atoms with van der Waals surface area (Å²) in [5.41, 5.74) is 2.84. The molecule has 3 heterocycles. The van der Waals surface area contributed by atoms with E-state index in [1.165, 1.54) is 18.9 Å². The van der Waals surface area contributed by atoms with Gasteiger partial charge in [0.15, 0.2) is 0 Å². The average molecular weight is 687 g/mol. The summed E-state index contributed by atoms with van der Waals surface area (Å²) in [6.07, 6.45) is 3.72. The van der Waals surface area contributed by atoms with E-state index in [1.807, 2.05) is 30.3 Å². The third kappa shape index (κ3) is 8.20. The number of alkyl halides is 3. The molecule has 2 aliphatic heterocycles. The van der Waals surface area contributed by atoms with Crippen LogP contribution in [0.4, 0.5) is 36.3 Å². The summed E-state index contributed by atoms with van der Waals surface area (Å²) in [6, 6.07) is 15.5. The van der Waals surface area contributed by atoms with Crippen LogP contribution in [0.3, 0.4) is 0 Å². The number of aromatic nitrogens is 2. The highest BCUT2D eigenvalue weighted by Gasteiger charge is 2.44. The first-order valence-electron chi connectivity index (χ1n) is 16.3. The molecule has 258 valence electrons. The Morgan fingerprint density at radius 2 is 1.62 bits per heavy atom. The van der Waals surface area contributed by atoms with Crippen LogP contribution in [-0.2, 0) is 21.4 Å². The number of hydrogen-bond donors (Lipinski definition) is 2. The molecule has 1 aromatic heterocycles. The molecule has 10 nitrogen and oxygen atoms in total. The minimum atomic E-state index is -4.18. The number of amides is 1. The molecule has 6 rings (SSSR count). The van der Waals surface area contributed by atoms with E-state index < -0.39 is 33.8 Å². The molecule has 2 aromatic carbocycles. The fraction of sp³-hybridized carbons (Fsp3) is 0.500. The van der Waals surface area contributed by atoms with Crippen molar-refractivity contribution in [2.45, 2.75) is 63.2 Å². The number of sulfonamides is 1. The highest BCUT2D eigenvalue weighted by atomic mass is 32.2. The largest absolute Gasteiger partial charge is 0.375 e. The number of ether oxygens (including phenoxy) is 1. The van der Waals surface area contributed by atoms with Crippen molar-refractivity contribution in [2.75, 3.05) is 59.3 Å². The van der Waals surface area contributed by atoms with Gasteiger partial charge in [-0.15, -0.1) is 0 Å². The highest BCUT2D eigenvalue weighted by molar-refractivity contribution is 7.93. The van der Waals surface area contributed by atoms with Crippen LogP contribution in [0.5, 0.6) is 0 Å². The van der Waals surface area contributed by atoms with Crippen molar-refractivity contribution >= 4 is 39.1 Å². The lowest BCUT2D eigenvalue weighted by Gasteiger charge is -2.35. The monoisotopic (exact) mass is 686 g/mol. The first-order chi connectivity index (χ1) is 22.9. The molecule has 48 heavy (non-hydrogen) atoms. The molecule has 1 amide bonds. The van der Waals surface area contributed by atoms with Crippen LogP contribution in [-0.4, -0.2) is 74.9 Å². The van der Waals surface area contributed by atoms with E-state index in [0.29, 0.717) is 35.4 Å². The fourth-order valence-corrected chi connectivity index (χ4v) is 7.33. The Bertz CT molecular complexity index is 1700. The summed E-state index contributed by atoms with van der Waals surface area (Å²) in [7, 11) is -4.18. The molecule has 0 radical (unpaired) electrons. The molecule has 2 saturated heterocycles. The molecule has 1 atom stereocenters. The number of anilines is 4. The standard InChI is InChI=1S/C34H41F3N6O4S/c1-24-19-30(40-32(38-24)43-17-13-34(36,37)14-18-43)39-31(44)28-8-7-26(20-29(28)42-15-11-33(9-10-33)12-16-42)41-48(45,46)27(21-35)23-47-22-25-5-3-2-4-6-25/h2-8,19-20,27,41H,9-18,21-23H2,1H3,(H,38,39,40,44). The van der Waals surface area contributed by atoms with Gasteiger partial charge in [0, 0.05) is 50.8 Å². The van der Waals surface area contributed by atoms with Crippen molar-refractivity contribution in [3.8, 4) is 0 Å². The Labute approximate surface area is 279 Å². The number of nitrogens with zero attached hydrogens (tertiary/aromatic N) is 4. The lowest BCUT2D eigenvalue weighted by molar-refractivity contribution is -0.0222. The van der Waals surface area contributed by atoms with E-state index in [2.05, 4.69) is 24.9 Å². The van der Waals surface area contributed by atoms with Crippen molar-refractivity contribution in [3.63, 3.8) is 0 Å². The number of halogens is 3. The molecular weight excluding hydrogens is 645 g/mol. The number of benzene rings is 2. The Hall–Kier alpha value is -3.91. The van der Waals surface area contributed by atoms with E-state index in [-0.39, 0.29) is 56.6 Å². The Morgan fingerprint density at radius 1 is 0.938 bits per heavy atom. The number of aryl methyl sites for hydroxylation is 1. The minimum Gasteiger partial charge on any atom is -0.375 e. The van der Waals surface area contributed by atoms with Crippen LogP contribution in [0.25, 0.3) is 0 Å². The van der Waals surface area contributed by atoms with Gasteiger partial charge in [-0.05, 0) is 61.8 Å². The Kier molecular flexibility index (Phi) is 9.84. The zero-order valence-corrected chi connectivity index (χ0v) is 27.7. The second-order valence-electron chi connectivity index (χ2n) is 13.1. The molecule has 1 saturated carbocycles. The maximum Gasteiger partial charge on any atom is 0.258 e. The zero-order chi connectivity index (χ0) is 33.9. The van der Waals surface area contributed by atoms with Crippen molar-refractivity contribution < 1.29 is 31.1 Å². The first-order valence-corrected chi connectivity index (χ1v) is 17.9. The smallest absolute Gasteiger partial charge is 0.258 e. The molecule has 1 aliphatic carbocycles. The van der Waals surface area contributed by atoms with Gasteiger partial charge in [0.25, 0.3) is 11.8 Å². The van der Waals surface area contributed by atoms with Gasteiger partial charge in [0.2, 0.25) is 16.0 Å². The summed E-state index contributed by atoms with van der Waals surface area (Å²) in [5, 5.41) is 1.41. The normalized spacial score (nSPS) is 19.2. The van der Waals surface area contributed by atoms with Crippen LogP contribution in [0.2, 0.25) is 0 Å². The van der Waals surface area contributed by atoms with E-state index >= 15 is 0 Å². The van der Waals surface area contributed by atoms with Crippen LogP contribution >= 0.6 is 0 Å². The number of carbonyl (C=O) groups excluding carboxylic acids is 1. The second kappa shape index (κ2) is 13.9. The molecule has 1 spiro atoms. The number of nitrogens with one attached hydrogen (secondary N) is 2. The fourth-order valence-electron chi connectivity index (χ4n) is 6.27. The van der Waals surface area contributed by atoms with Crippen molar-refractivity contribution in [1.82, 2.24) is 9.97 Å². The third-order valence-electron chi connectivity index (χ3n) is 9.51. The van der Waals surface area contributed by atoms with Crippen LogP contribution < -0.4 is 19.8 Å². The molecule has 3 aromatic rings. The first kappa shape index (κ1) is 34.0. The summed E-state index contributed by atoms with van der Waals surface area (Å²) in [4.78, 5) is 26.4. The van der Waals surface area contributed by atoms with Gasteiger partial charge in [0.1, 0.15) is 17.7 Å². The molecule has 2 N–H and O–H groups in total. The number of hydrogen-bond acceptors (Lipinski definition) is 8. The quantitative estimate of drug-likeness (QED) is 0.240. The Morgan fingerprint density at radius 3 is 2.29 bits per heavy atom. The lowest BCUT2D eigenvalue weighted by Crippen LogP contribution is -2.40. The zero-order valence-electron chi connectivity index (χ0n) is 26.9. The predicted octanol–water partition coefficient (Wildman–Crippen LogP) is 5.95. The van der Waals surface area contributed by atoms with E-state index in [0.717, 1.165) is 18.4 Å². The average Bonchev–Trinajstić information content (AvgIpc) is 3.81. The molecule has 1 unspecified atom stereocenters. The van der Waals surface area contributed by atoms with Crippen molar-refractivity contribution in [2.24, 2.45) is 5.41 Å². The SMILES string of the molecule is Cc1cc(NC(=O)c2ccc(NS(=O)(=O)C(CF)COCc3ccccc3)cc2N2CCC3(CC2)CC3)nc(N2CCC(F)(F)CC2)n1. The predicted molar refractivity (Wildman–Crippen MR) is 179 cm³/mol. The summed E-state index contributed by atoms with van der Waals surface area (Å²) < 4.78 is 76.1. The summed E-state index contributed by atoms with van der Waals surface area (Å²) in [5.74, 6) is -2.68. The number of carbonyl (C=O) groups is 1. The van der Waals surface area contributed by atoms with Gasteiger partial charge < -0.3 is 19.9 Å². The van der Waals surface area contributed by atoms with Gasteiger partial charge in [-0.2, -0.15) is 4.98 Å². The van der Waals surface area contributed by atoms with Crippen molar-refractivity contribution in [1.29, 1.82) is 0 Å². The third-order valence-corrected chi connectivity index (χ3v) is 11.2. The number of piperidine rings is 2. The van der Waals surface area contributed by atoms with Gasteiger partial charge in [-0.1, -0.05) is 30.3 Å². The molecule has 14 heteroatoms. The lowest BCUT2D eigenvalue weighted by atomic mass is 9.93. The van der Waals surface area contributed by atoms with E-state index in [4.69, 9.17) is 4.74 Å². The van der Waals surface area contributed by atoms with Crippen LogP contribution in [0, 0.1) is 12.3 Å². The van der Waals surface area contributed by atoms with Gasteiger partial charge in [-0.25, -0.2) is 26.6 Å². The summed E-state index contributed by atoms with van der Waals surface area (Å²) in [6.45, 7) is 2.03. The Balaban J connectivity index is 1.20. The van der Waals surface area contributed by atoms with Crippen molar-refractivity contribution in [3.05, 3.63) is 71.4 Å². The van der Waals surface area contributed by atoms with E-state index in [1.54, 1.807) is 30.0 Å². The summed E-state index contributed by atoms with van der Waals surface area (Å²) >= 11 is 0. The maximum atomic E-state index is 14.0. The maximum absolute atomic E-state index is 14.0. The second-order valence-corrected chi connectivity index (χ2v) is 15.1. The van der Waals surface area contributed by atoms with E-state index in [9.17, 15) is 26.4 Å². The molecule has 3 aliphatic rings. The van der Waals surface area contributed by atoms with Crippen LogP contribution in [0.15, 0.2) is 54.6 Å². The molecule has 3 fully saturated rings. The minimum absolute atomic E-state index is 0.101. The van der Waals surface area contributed by atoms with Crippen LogP contribution in [0.1, 0.15) is 60.1 Å². The number of rotatable bonds is 12. The van der Waals surface area contributed by atoms with Gasteiger partial charge in [-0.3, -0.25) is 9.52 Å². The molecular formula is C34H41F3N6O4S. The highest BCUT2D eigenvalue weighted by Crippen LogP contribution is 2.54. The molecule has 0 bridgehead atoms.